The second-order valence-electron chi connectivity index (χ2n) is 10.8. The number of ether oxygens (including phenoxy) is 1. The third kappa shape index (κ3) is 6.19. The Labute approximate surface area is 220 Å². The molecule has 5 rings (SSSR count). The van der Waals surface area contributed by atoms with Crippen molar-refractivity contribution in [2.24, 2.45) is 11.8 Å². The predicted octanol–water partition coefficient (Wildman–Crippen LogP) is 3.44. The predicted molar refractivity (Wildman–Crippen MR) is 133 cm³/mol. The van der Waals surface area contributed by atoms with Gasteiger partial charge in [-0.05, 0) is 75.3 Å². The smallest absolute Gasteiger partial charge is 0.326 e. The number of carboxylic acids is 1. The Hall–Kier alpha value is -2.95. The molecule has 0 radical (unpaired) electrons. The van der Waals surface area contributed by atoms with Crippen LogP contribution < -0.4 is 5.32 Å². The van der Waals surface area contributed by atoms with Crippen molar-refractivity contribution >= 4 is 11.9 Å². The molecule has 11 heteroatoms. The zero-order valence-corrected chi connectivity index (χ0v) is 21.5. The highest BCUT2D eigenvalue weighted by molar-refractivity contribution is 5.85. The van der Waals surface area contributed by atoms with Crippen LogP contribution in [0.2, 0.25) is 0 Å². The molecule has 2 atom stereocenters. The van der Waals surface area contributed by atoms with Crippen molar-refractivity contribution in [2.75, 3.05) is 6.61 Å². The average Bonchev–Trinajstić information content (AvgIpc) is 3.32. The zero-order chi connectivity index (χ0) is 26.6. The number of nitrogens with one attached hydrogen (secondary N) is 1. The Morgan fingerprint density at radius 2 is 1.97 bits per heavy atom. The number of aryl methyl sites for hydroxylation is 4. The molecule has 38 heavy (non-hydrogen) atoms. The molecule has 2 aromatic heterocycles. The molecule has 1 aliphatic heterocycles. The van der Waals surface area contributed by atoms with Crippen LogP contribution in [0.15, 0.2) is 12.1 Å². The van der Waals surface area contributed by atoms with E-state index in [-0.39, 0.29) is 25.7 Å². The van der Waals surface area contributed by atoms with E-state index in [1.54, 1.807) is 0 Å². The maximum atomic E-state index is 13.2. The first-order chi connectivity index (χ1) is 18.4. The summed E-state index contributed by atoms with van der Waals surface area (Å²) in [6.45, 7) is 0.248. The minimum atomic E-state index is -2.78. The molecular weight excluding hydrogens is 496 g/mol. The summed E-state index contributed by atoms with van der Waals surface area (Å²) in [6.07, 6.45) is 6.86. The molecule has 0 bridgehead atoms. The average molecular weight is 532 g/mol. The second kappa shape index (κ2) is 11.8. The Kier molecular flexibility index (Phi) is 8.30. The minimum Gasteiger partial charge on any atom is -0.480 e. The molecular formula is C27H35F2N5O4. The number of rotatable bonds is 11. The Bertz CT molecular complexity index is 1150. The number of carbonyl (C=O) groups is 2. The van der Waals surface area contributed by atoms with Crippen molar-refractivity contribution in [1.29, 1.82) is 0 Å². The summed E-state index contributed by atoms with van der Waals surface area (Å²) in [5.41, 5.74) is 3.84. The van der Waals surface area contributed by atoms with Gasteiger partial charge in [-0.1, -0.05) is 6.07 Å². The van der Waals surface area contributed by atoms with Gasteiger partial charge in [0.2, 0.25) is 5.91 Å². The number of carbonyl (C=O) groups excluding carboxylic acids is 1. The zero-order valence-electron chi connectivity index (χ0n) is 21.5. The fraction of sp³-hybridized carbons (Fsp3) is 0.667. The maximum absolute atomic E-state index is 13.2. The molecule has 1 saturated carbocycles. The van der Waals surface area contributed by atoms with E-state index >= 15 is 0 Å². The monoisotopic (exact) mass is 531 g/mol. The lowest BCUT2D eigenvalue weighted by Gasteiger charge is -2.35. The number of aromatic nitrogens is 4. The van der Waals surface area contributed by atoms with Crippen LogP contribution in [-0.4, -0.2) is 55.5 Å². The van der Waals surface area contributed by atoms with Gasteiger partial charge in [0.1, 0.15) is 11.9 Å². The standard InChI is InChI=1S/C27H35F2N5O4/c28-24(29)25-33-32-23-10-7-18(15-34(23)25)26(35)31-22(27(36)37)11-12-38-20-13-16(14-20)5-8-19-9-6-17-3-1-2-4-21(17)30-19/h6,9,16,18,20,22,24H,1-5,7-8,10-15H2,(H,31,35)(H,36,37)/t16?,18-,20?,22-/m0/s1. The van der Waals surface area contributed by atoms with E-state index in [9.17, 15) is 23.5 Å². The van der Waals surface area contributed by atoms with Crippen LogP contribution >= 0.6 is 0 Å². The van der Waals surface area contributed by atoms with Crippen LogP contribution in [0.25, 0.3) is 0 Å². The lowest BCUT2D eigenvalue weighted by molar-refractivity contribution is -0.143. The third-order valence-corrected chi connectivity index (χ3v) is 8.15. The lowest BCUT2D eigenvalue weighted by atomic mass is 9.79. The van der Waals surface area contributed by atoms with Gasteiger partial charge in [0.15, 0.2) is 5.82 Å². The summed E-state index contributed by atoms with van der Waals surface area (Å²) in [4.78, 5) is 29.3. The van der Waals surface area contributed by atoms with Crippen LogP contribution in [0.1, 0.15) is 80.0 Å². The van der Waals surface area contributed by atoms with Crippen LogP contribution in [0, 0.1) is 11.8 Å². The van der Waals surface area contributed by atoms with E-state index in [0.29, 0.717) is 24.6 Å². The maximum Gasteiger partial charge on any atom is 0.326 e. The highest BCUT2D eigenvalue weighted by Gasteiger charge is 2.33. The van der Waals surface area contributed by atoms with Gasteiger partial charge >= 0.3 is 5.97 Å². The first kappa shape index (κ1) is 26.6. The molecule has 2 aromatic rings. The normalized spacial score (nSPS) is 23.3. The molecule has 3 aliphatic rings. The number of carboxylic acid groups (broad SMARTS) is 1. The summed E-state index contributed by atoms with van der Waals surface area (Å²) in [5.74, 6) is -1.67. The van der Waals surface area contributed by atoms with Crippen LogP contribution in [-0.2, 0) is 46.6 Å². The molecule has 0 unspecified atom stereocenters. The number of pyridine rings is 1. The minimum absolute atomic E-state index is 0.0150. The van der Waals surface area contributed by atoms with Gasteiger partial charge in [0, 0.05) is 37.4 Å². The van der Waals surface area contributed by atoms with Crippen LogP contribution in [0.3, 0.4) is 0 Å². The summed E-state index contributed by atoms with van der Waals surface area (Å²) < 4.78 is 33.5. The quantitative estimate of drug-likeness (QED) is 0.456. The van der Waals surface area contributed by atoms with Crippen LogP contribution in [0.5, 0.6) is 0 Å². The SMILES string of the molecule is O=C(N[C@@H](CCOC1CC(CCc2ccc3c(n2)CCCC3)C1)C(=O)O)[C@H]1CCc2nnc(C(F)F)n2C1. The fourth-order valence-electron chi connectivity index (χ4n) is 5.79. The van der Waals surface area contributed by atoms with E-state index in [1.807, 2.05) is 0 Å². The number of nitrogens with zero attached hydrogens (tertiary/aromatic N) is 4. The first-order valence-electron chi connectivity index (χ1n) is 13.7. The van der Waals surface area contributed by atoms with Gasteiger partial charge in [0.05, 0.1) is 12.0 Å². The Morgan fingerprint density at radius 3 is 2.76 bits per heavy atom. The molecule has 206 valence electrons. The van der Waals surface area contributed by atoms with Crippen molar-refractivity contribution in [3.63, 3.8) is 0 Å². The molecule has 1 amide bonds. The number of amides is 1. The first-order valence-corrected chi connectivity index (χ1v) is 13.7. The number of halogens is 2. The molecule has 2 aliphatic carbocycles. The molecule has 3 heterocycles. The largest absolute Gasteiger partial charge is 0.480 e. The Balaban J connectivity index is 1.01. The number of hydrogen-bond donors (Lipinski definition) is 2. The number of fused-ring (bicyclic) bond motifs is 2. The molecule has 0 saturated heterocycles. The lowest BCUT2D eigenvalue weighted by Crippen LogP contribution is -2.46. The van der Waals surface area contributed by atoms with Crippen molar-refractivity contribution in [2.45, 2.75) is 95.7 Å². The molecule has 1 fully saturated rings. The highest BCUT2D eigenvalue weighted by Crippen LogP contribution is 2.34. The molecule has 0 aromatic carbocycles. The van der Waals surface area contributed by atoms with Crippen LogP contribution in [0.4, 0.5) is 8.78 Å². The highest BCUT2D eigenvalue weighted by atomic mass is 19.3. The van der Waals surface area contributed by atoms with E-state index < -0.39 is 36.1 Å². The second-order valence-corrected chi connectivity index (χ2v) is 10.8. The van der Waals surface area contributed by atoms with Gasteiger partial charge in [-0.2, -0.15) is 0 Å². The molecule has 2 N–H and O–H groups in total. The number of hydrogen-bond acceptors (Lipinski definition) is 6. The van der Waals surface area contributed by atoms with E-state index in [2.05, 4.69) is 27.6 Å². The number of aliphatic carboxylic acids is 1. The number of alkyl halides is 2. The summed E-state index contributed by atoms with van der Waals surface area (Å²) in [6, 6.07) is 3.31. The van der Waals surface area contributed by atoms with Gasteiger partial charge in [-0.25, -0.2) is 13.6 Å². The van der Waals surface area contributed by atoms with Gasteiger partial charge in [-0.3, -0.25) is 9.78 Å². The van der Waals surface area contributed by atoms with Gasteiger partial charge in [0.25, 0.3) is 6.43 Å². The Morgan fingerprint density at radius 1 is 1.16 bits per heavy atom. The van der Waals surface area contributed by atoms with Gasteiger partial charge < -0.3 is 19.7 Å². The van der Waals surface area contributed by atoms with E-state index in [0.717, 1.165) is 38.5 Å². The van der Waals surface area contributed by atoms with Crippen molar-refractivity contribution < 1.29 is 28.2 Å². The fourth-order valence-corrected chi connectivity index (χ4v) is 5.79. The van der Waals surface area contributed by atoms with Crippen molar-refractivity contribution in [1.82, 2.24) is 25.1 Å². The van der Waals surface area contributed by atoms with Gasteiger partial charge in [-0.15, -0.1) is 10.2 Å². The third-order valence-electron chi connectivity index (χ3n) is 8.15. The van der Waals surface area contributed by atoms with Crippen molar-refractivity contribution in [3.8, 4) is 0 Å². The summed E-state index contributed by atoms with van der Waals surface area (Å²) in [7, 11) is 0. The topological polar surface area (TPSA) is 119 Å². The van der Waals surface area contributed by atoms with Crippen molar-refractivity contribution in [3.05, 3.63) is 40.7 Å². The van der Waals surface area contributed by atoms with E-state index in [4.69, 9.17) is 9.72 Å². The van der Waals surface area contributed by atoms with E-state index in [1.165, 1.54) is 34.4 Å². The summed E-state index contributed by atoms with van der Waals surface area (Å²) >= 11 is 0. The molecule has 0 spiro atoms. The molecule has 9 nitrogen and oxygen atoms in total. The summed E-state index contributed by atoms with van der Waals surface area (Å²) in [5, 5.41) is 19.4.